The summed E-state index contributed by atoms with van der Waals surface area (Å²) in [6, 6.07) is 1.90. The van der Waals surface area contributed by atoms with Crippen LogP contribution in [0.3, 0.4) is 0 Å². The average molecular weight is 209 g/mol. The molecule has 4 nitrogen and oxygen atoms in total. The number of aromatic amines is 2. The first-order valence-electron chi connectivity index (χ1n) is 4.41. The molecule has 0 fully saturated rings. The minimum Gasteiger partial charge on any atom is -0.304 e. The van der Waals surface area contributed by atoms with Crippen LogP contribution >= 0.6 is 12.6 Å². The lowest BCUT2D eigenvalue weighted by Gasteiger charge is -2.04. The number of imidazole rings is 1. The van der Waals surface area contributed by atoms with E-state index in [0.717, 1.165) is 17.5 Å². The van der Waals surface area contributed by atoms with Crippen LogP contribution in [0.1, 0.15) is 12.5 Å². The summed E-state index contributed by atoms with van der Waals surface area (Å²) >= 11 is 4.32. The highest BCUT2D eigenvalue weighted by Gasteiger charge is 2.06. The largest absolute Gasteiger partial charge is 0.325 e. The van der Waals surface area contributed by atoms with Crippen molar-refractivity contribution in [1.82, 2.24) is 15.0 Å². The van der Waals surface area contributed by atoms with Gasteiger partial charge in [0.2, 0.25) is 0 Å². The van der Waals surface area contributed by atoms with Crippen LogP contribution in [0.15, 0.2) is 17.1 Å². The summed E-state index contributed by atoms with van der Waals surface area (Å²) in [5.74, 6) is 0. The zero-order valence-electron chi connectivity index (χ0n) is 7.74. The van der Waals surface area contributed by atoms with E-state index in [9.17, 15) is 4.79 Å². The number of fused-ring (bicyclic) bond motifs is 1. The van der Waals surface area contributed by atoms with E-state index < -0.39 is 0 Å². The van der Waals surface area contributed by atoms with Gasteiger partial charge < -0.3 is 4.98 Å². The van der Waals surface area contributed by atoms with Crippen molar-refractivity contribution in [2.45, 2.75) is 18.6 Å². The monoisotopic (exact) mass is 209 g/mol. The van der Waals surface area contributed by atoms with E-state index in [1.807, 2.05) is 13.0 Å². The molecule has 1 atom stereocenters. The summed E-state index contributed by atoms with van der Waals surface area (Å²) in [5, 5.41) is 0.263. The van der Waals surface area contributed by atoms with Crippen molar-refractivity contribution in [3.63, 3.8) is 0 Å². The Kier molecular flexibility index (Phi) is 2.33. The van der Waals surface area contributed by atoms with Crippen molar-refractivity contribution < 1.29 is 0 Å². The molecule has 0 aliphatic heterocycles. The van der Waals surface area contributed by atoms with E-state index in [1.54, 1.807) is 6.20 Å². The van der Waals surface area contributed by atoms with Crippen molar-refractivity contribution in [1.29, 1.82) is 0 Å². The van der Waals surface area contributed by atoms with Crippen LogP contribution in [0, 0.1) is 0 Å². The van der Waals surface area contributed by atoms with Crippen LogP contribution in [-0.2, 0) is 6.42 Å². The molecule has 2 aromatic rings. The van der Waals surface area contributed by atoms with Gasteiger partial charge in [0, 0.05) is 11.4 Å². The normalized spacial score (nSPS) is 13.3. The number of thiol groups is 1. The first-order valence-corrected chi connectivity index (χ1v) is 4.92. The predicted molar refractivity (Wildman–Crippen MR) is 58.9 cm³/mol. The third-order valence-corrected chi connectivity index (χ3v) is 2.21. The molecule has 14 heavy (non-hydrogen) atoms. The second-order valence-corrected chi connectivity index (χ2v) is 4.21. The molecule has 2 aromatic heterocycles. The molecule has 0 aromatic carbocycles. The molecule has 0 bridgehead atoms. The second kappa shape index (κ2) is 3.49. The van der Waals surface area contributed by atoms with E-state index in [0.29, 0.717) is 5.65 Å². The molecule has 0 saturated carbocycles. The van der Waals surface area contributed by atoms with Gasteiger partial charge in [-0.25, -0.2) is 9.78 Å². The maximum Gasteiger partial charge on any atom is 0.325 e. The van der Waals surface area contributed by atoms with E-state index in [-0.39, 0.29) is 10.9 Å². The number of hydrogen-bond acceptors (Lipinski definition) is 3. The zero-order chi connectivity index (χ0) is 10.1. The first kappa shape index (κ1) is 9.33. The standard InChI is InChI=1S/C9H11N3OS/c1-5(14)4-6-2-3-10-8-7(6)11-9(13)12-8/h2-3,5,14H,4H2,1H3,(H2,10,11,12,13)/t5-/m0/s1. The van der Waals surface area contributed by atoms with E-state index >= 15 is 0 Å². The number of H-pyrrole nitrogens is 2. The second-order valence-electron chi connectivity index (χ2n) is 3.33. The van der Waals surface area contributed by atoms with Gasteiger partial charge in [-0.1, -0.05) is 6.92 Å². The Balaban J connectivity index is 2.58. The minimum absolute atomic E-state index is 0.216. The molecule has 5 heteroatoms. The number of nitrogens with zero attached hydrogens (tertiary/aromatic N) is 1. The summed E-state index contributed by atoms with van der Waals surface area (Å²) in [7, 11) is 0. The number of rotatable bonds is 2. The number of nitrogens with one attached hydrogen (secondary N) is 2. The fraction of sp³-hybridized carbons (Fsp3) is 0.333. The Morgan fingerprint density at radius 2 is 2.36 bits per heavy atom. The van der Waals surface area contributed by atoms with Crippen LogP contribution < -0.4 is 5.69 Å². The van der Waals surface area contributed by atoms with Gasteiger partial charge in [0.05, 0.1) is 5.52 Å². The summed E-state index contributed by atoms with van der Waals surface area (Å²) in [6.07, 6.45) is 2.51. The summed E-state index contributed by atoms with van der Waals surface area (Å²) < 4.78 is 0. The van der Waals surface area contributed by atoms with Crippen LogP contribution in [0.25, 0.3) is 11.2 Å². The lowest BCUT2D eigenvalue weighted by molar-refractivity contribution is 0.953. The van der Waals surface area contributed by atoms with Crippen LogP contribution in [-0.4, -0.2) is 20.2 Å². The molecule has 0 saturated heterocycles. The maximum atomic E-state index is 11.1. The van der Waals surface area contributed by atoms with Crippen molar-refractivity contribution in [2.75, 3.05) is 0 Å². The zero-order valence-corrected chi connectivity index (χ0v) is 8.64. The molecule has 0 radical (unpaired) electrons. The molecular weight excluding hydrogens is 198 g/mol. The molecule has 0 aliphatic carbocycles. The summed E-state index contributed by atoms with van der Waals surface area (Å²) in [4.78, 5) is 20.5. The first-order chi connectivity index (χ1) is 6.66. The van der Waals surface area contributed by atoms with Crippen molar-refractivity contribution >= 4 is 23.8 Å². The van der Waals surface area contributed by atoms with Crippen molar-refractivity contribution in [3.05, 3.63) is 28.3 Å². The maximum absolute atomic E-state index is 11.1. The van der Waals surface area contributed by atoms with Crippen molar-refractivity contribution in [2.24, 2.45) is 0 Å². The lowest BCUT2D eigenvalue weighted by atomic mass is 10.1. The molecular formula is C9H11N3OS. The van der Waals surface area contributed by atoms with E-state index in [2.05, 4.69) is 27.6 Å². The lowest BCUT2D eigenvalue weighted by Crippen LogP contribution is -2.01. The molecule has 0 amide bonds. The van der Waals surface area contributed by atoms with Crippen LogP contribution in [0.5, 0.6) is 0 Å². The summed E-state index contributed by atoms with van der Waals surface area (Å²) in [6.45, 7) is 2.01. The number of aromatic nitrogens is 3. The quantitative estimate of drug-likeness (QED) is 0.649. The number of hydrogen-bond donors (Lipinski definition) is 3. The predicted octanol–water partition coefficient (Wildman–Crippen LogP) is 1.11. The van der Waals surface area contributed by atoms with E-state index in [1.165, 1.54) is 0 Å². The Hall–Kier alpha value is -1.23. The highest BCUT2D eigenvalue weighted by molar-refractivity contribution is 7.80. The van der Waals surface area contributed by atoms with Gasteiger partial charge in [-0.05, 0) is 18.1 Å². The minimum atomic E-state index is -0.216. The molecule has 0 spiro atoms. The third-order valence-electron chi connectivity index (χ3n) is 2.02. The third kappa shape index (κ3) is 1.68. The van der Waals surface area contributed by atoms with Gasteiger partial charge in [0.1, 0.15) is 0 Å². The van der Waals surface area contributed by atoms with Gasteiger partial charge in [0.15, 0.2) is 5.65 Å². The molecule has 2 rings (SSSR count). The topological polar surface area (TPSA) is 61.5 Å². The smallest absolute Gasteiger partial charge is 0.304 e. The Bertz CT molecular complexity index is 500. The number of pyridine rings is 1. The van der Waals surface area contributed by atoms with Gasteiger partial charge in [-0.3, -0.25) is 4.98 Å². The Labute approximate surface area is 86.2 Å². The summed E-state index contributed by atoms with van der Waals surface area (Å²) in [5.41, 5.74) is 2.25. The fourth-order valence-electron chi connectivity index (χ4n) is 1.48. The highest BCUT2D eigenvalue weighted by atomic mass is 32.1. The molecule has 0 unspecified atom stereocenters. The van der Waals surface area contributed by atoms with Gasteiger partial charge in [0.25, 0.3) is 0 Å². The van der Waals surface area contributed by atoms with Gasteiger partial charge in [-0.15, -0.1) is 0 Å². The van der Waals surface area contributed by atoms with Crippen LogP contribution in [0.4, 0.5) is 0 Å². The Morgan fingerprint density at radius 3 is 3.07 bits per heavy atom. The van der Waals surface area contributed by atoms with Gasteiger partial charge >= 0.3 is 5.69 Å². The average Bonchev–Trinajstić information content (AvgIpc) is 2.45. The fourth-order valence-corrected chi connectivity index (χ4v) is 1.67. The Morgan fingerprint density at radius 1 is 1.57 bits per heavy atom. The molecule has 74 valence electrons. The van der Waals surface area contributed by atoms with Gasteiger partial charge in [-0.2, -0.15) is 12.6 Å². The molecule has 2 heterocycles. The highest BCUT2D eigenvalue weighted by Crippen LogP contribution is 2.14. The molecule has 2 N–H and O–H groups in total. The SMILES string of the molecule is C[C@H](S)Cc1ccnc2[nH]c(=O)[nH]c12. The van der Waals surface area contributed by atoms with Crippen molar-refractivity contribution in [3.8, 4) is 0 Å². The van der Waals surface area contributed by atoms with E-state index in [4.69, 9.17) is 0 Å². The molecule has 0 aliphatic rings. The van der Waals surface area contributed by atoms with Crippen LogP contribution in [0.2, 0.25) is 0 Å².